The summed E-state index contributed by atoms with van der Waals surface area (Å²) in [6.45, 7) is 2.96. The molecular formula is C11H16O5. The van der Waals surface area contributed by atoms with Crippen LogP contribution in [0.25, 0.3) is 0 Å². The summed E-state index contributed by atoms with van der Waals surface area (Å²) in [6.07, 6.45) is 1.49. The molecule has 5 heteroatoms. The Morgan fingerprint density at radius 1 is 1.62 bits per heavy atom. The lowest BCUT2D eigenvalue weighted by Crippen LogP contribution is -2.48. The third-order valence-corrected chi connectivity index (χ3v) is 3.11. The highest BCUT2D eigenvalue weighted by atomic mass is 16.6. The van der Waals surface area contributed by atoms with Crippen LogP contribution in [0.15, 0.2) is 0 Å². The van der Waals surface area contributed by atoms with Gasteiger partial charge in [0.15, 0.2) is 5.78 Å². The number of rotatable bonds is 2. The van der Waals surface area contributed by atoms with E-state index in [1.807, 2.05) is 0 Å². The molecule has 2 unspecified atom stereocenters. The molecule has 2 saturated heterocycles. The van der Waals surface area contributed by atoms with E-state index >= 15 is 0 Å². The second-order valence-electron chi connectivity index (χ2n) is 4.16. The van der Waals surface area contributed by atoms with Gasteiger partial charge in [-0.2, -0.15) is 0 Å². The maximum Gasteiger partial charge on any atom is 0.319 e. The first-order chi connectivity index (χ1) is 7.69. The Morgan fingerprint density at radius 2 is 2.44 bits per heavy atom. The number of hydrogen-bond acceptors (Lipinski definition) is 5. The van der Waals surface area contributed by atoms with Crippen molar-refractivity contribution < 1.29 is 23.8 Å². The van der Waals surface area contributed by atoms with Gasteiger partial charge in [-0.1, -0.05) is 0 Å². The highest BCUT2D eigenvalue weighted by Crippen LogP contribution is 2.37. The van der Waals surface area contributed by atoms with Crippen molar-refractivity contribution in [2.24, 2.45) is 5.92 Å². The molecule has 0 aliphatic carbocycles. The highest BCUT2D eigenvalue weighted by Gasteiger charge is 2.55. The summed E-state index contributed by atoms with van der Waals surface area (Å²) < 4.78 is 15.8. The lowest BCUT2D eigenvalue weighted by Gasteiger charge is -2.35. The quantitative estimate of drug-likeness (QED) is 0.503. The van der Waals surface area contributed by atoms with Gasteiger partial charge in [-0.15, -0.1) is 0 Å². The van der Waals surface area contributed by atoms with Crippen LogP contribution in [-0.2, 0) is 23.8 Å². The molecule has 2 heterocycles. The molecule has 0 bridgehead atoms. The molecule has 16 heavy (non-hydrogen) atoms. The van der Waals surface area contributed by atoms with Crippen molar-refractivity contribution in [1.29, 1.82) is 0 Å². The Kier molecular flexibility index (Phi) is 3.25. The fourth-order valence-corrected chi connectivity index (χ4v) is 2.38. The number of carbonyl (C=O) groups excluding carboxylic acids is 2. The van der Waals surface area contributed by atoms with Gasteiger partial charge in [-0.3, -0.25) is 9.59 Å². The molecule has 0 saturated carbocycles. The Morgan fingerprint density at radius 3 is 3.06 bits per heavy atom. The molecule has 0 amide bonds. The molecule has 0 aromatic heterocycles. The molecular weight excluding hydrogens is 212 g/mol. The molecule has 2 aliphatic heterocycles. The van der Waals surface area contributed by atoms with Gasteiger partial charge in [0.1, 0.15) is 18.1 Å². The van der Waals surface area contributed by atoms with Crippen LogP contribution < -0.4 is 0 Å². The predicted molar refractivity (Wildman–Crippen MR) is 53.9 cm³/mol. The molecule has 0 aromatic carbocycles. The number of ether oxygens (including phenoxy) is 3. The van der Waals surface area contributed by atoms with Gasteiger partial charge in [0, 0.05) is 6.61 Å². The summed E-state index contributed by atoms with van der Waals surface area (Å²) in [5.41, 5.74) is -0.762. The molecule has 2 fully saturated rings. The standard InChI is InChI=1S/C11H16O5/c1-2-15-10(13)9-8(12)6-16-11(9)4-3-5-14-7-11/h9H,2-7H2,1H3. The first-order valence-corrected chi connectivity index (χ1v) is 5.60. The van der Waals surface area contributed by atoms with Crippen molar-refractivity contribution in [3.63, 3.8) is 0 Å². The molecule has 2 rings (SSSR count). The van der Waals surface area contributed by atoms with Gasteiger partial charge in [-0.05, 0) is 19.8 Å². The van der Waals surface area contributed by atoms with Crippen LogP contribution in [0.3, 0.4) is 0 Å². The zero-order valence-electron chi connectivity index (χ0n) is 9.36. The van der Waals surface area contributed by atoms with Gasteiger partial charge in [0.05, 0.1) is 13.2 Å². The summed E-state index contributed by atoms with van der Waals surface area (Å²) >= 11 is 0. The summed E-state index contributed by atoms with van der Waals surface area (Å²) in [7, 11) is 0. The maximum atomic E-state index is 11.8. The van der Waals surface area contributed by atoms with Crippen LogP contribution in [0.4, 0.5) is 0 Å². The van der Waals surface area contributed by atoms with Crippen LogP contribution in [-0.4, -0.2) is 43.8 Å². The van der Waals surface area contributed by atoms with Crippen molar-refractivity contribution in [2.45, 2.75) is 25.4 Å². The van der Waals surface area contributed by atoms with Gasteiger partial charge < -0.3 is 14.2 Å². The molecule has 0 N–H and O–H groups in total. The van der Waals surface area contributed by atoms with E-state index in [4.69, 9.17) is 14.2 Å². The van der Waals surface area contributed by atoms with Crippen molar-refractivity contribution >= 4 is 11.8 Å². The molecule has 2 aliphatic rings. The lowest BCUT2D eigenvalue weighted by atomic mass is 9.82. The van der Waals surface area contributed by atoms with Crippen LogP contribution in [0.5, 0.6) is 0 Å². The smallest absolute Gasteiger partial charge is 0.319 e. The van der Waals surface area contributed by atoms with Crippen LogP contribution in [0, 0.1) is 5.92 Å². The topological polar surface area (TPSA) is 61.8 Å². The minimum Gasteiger partial charge on any atom is -0.465 e. The molecule has 2 atom stereocenters. The van der Waals surface area contributed by atoms with E-state index in [2.05, 4.69) is 0 Å². The summed E-state index contributed by atoms with van der Waals surface area (Å²) in [5, 5.41) is 0. The Bertz CT molecular complexity index is 293. The minimum atomic E-state index is -0.798. The number of carbonyl (C=O) groups is 2. The SMILES string of the molecule is CCOC(=O)C1C(=O)COC12CCCOC2. The lowest BCUT2D eigenvalue weighted by molar-refractivity contribution is -0.165. The average Bonchev–Trinajstić information content (AvgIpc) is 2.57. The number of esters is 1. The molecule has 90 valence electrons. The zero-order valence-corrected chi connectivity index (χ0v) is 9.36. The summed E-state index contributed by atoms with van der Waals surface area (Å²) in [6, 6.07) is 0. The third kappa shape index (κ3) is 1.85. The van der Waals surface area contributed by atoms with E-state index < -0.39 is 17.5 Å². The van der Waals surface area contributed by atoms with Crippen LogP contribution in [0.2, 0.25) is 0 Å². The van der Waals surface area contributed by atoms with Crippen LogP contribution in [0.1, 0.15) is 19.8 Å². The van der Waals surface area contributed by atoms with Gasteiger partial charge in [-0.25, -0.2) is 0 Å². The molecule has 0 radical (unpaired) electrons. The van der Waals surface area contributed by atoms with E-state index in [1.54, 1.807) is 6.92 Å². The van der Waals surface area contributed by atoms with Gasteiger partial charge in [0.25, 0.3) is 0 Å². The Hall–Kier alpha value is -0.940. The first-order valence-electron chi connectivity index (χ1n) is 5.60. The maximum absolute atomic E-state index is 11.8. The molecule has 1 spiro atoms. The largest absolute Gasteiger partial charge is 0.465 e. The molecule has 5 nitrogen and oxygen atoms in total. The third-order valence-electron chi connectivity index (χ3n) is 3.11. The number of ketones is 1. The number of hydrogen-bond donors (Lipinski definition) is 0. The average molecular weight is 228 g/mol. The van der Waals surface area contributed by atoms with E-state index in [0.717, 1.165) is 6.42 Å². The normalized spacial score (nSPS) is 34.3. The van der Waals surface area contributed by atoms with Gasteiger partial charge >= 0.3 is 5.97 Å². The second kappa shape index (κ2) is 4.51. The van der Waals surface area contributed by atoms with Crippen molar-refractivity contribution in [1.82, 2.24) is 0 Å². The van der Waals surface area contributed by atoms with E-state index in [-0.39, 0.29) is 19.0 Å². The predicted octanol–water partition coefficient (Wildman–Crippen LogP) is 0.314. The zero-order chi connectivity index (χ0) is 11.6. The highest BCUT2D eigenvalue weighted by molar-refractivity contribution is 6.02. The minimum absolute atomic E-state index is 0.00710. The van der Waals surface area contributed by atoms with Crippen LogP contribution >= 0.6 is 0 Å². The fraction of sp³-hybridized carbons (Fsp3) is 0.818. The second-order valence-corrected chi connectivity index (χ2v) is 4.16. The monoisotopic (exact) mass is 228 g/mol. The van der Waals surface area contributed by atoms with Crippen molar-refractivity contribution in [3.05, 3.63) is 0 Å². The Balaban J connectivity index is 2.17. The Labute approximate surface area is 94.0 Å². The summed E-state index contributed by atoms with van der Waals surface area (Å²) in [5.74, 6) is -1.47. The molecule has 0 aromatic rings. The first kappa shape index (κ1) is 11.5. The van der Waals surface area contributed by atoms with Gasteiger partial charge in [0.2, 0.25) is 0 Å². The number of Topliss-reactive ketones (excluding diaryl/α,β-unsaturated/α-hetero) is 1. The van der Waals surface area contributed by atoms with E-state index in [9.17, 15) is 9.59 Å². The van der Waals surface area contributed by atoms with E-state index in [1.165, 1.54) is 0 Å². The van der Waals surface area contributed by atoms with Crippen molar-refractivity contribution in [2.75, 3.05) is 26.4 Å². The van der Waals surface area contributed by atoms with E-state index in [0.29, 0.717) is 19.6 Å². The summed E-state index contributed by atoms with van der Waals surface area (Å²) in [4.78, 5) is 23.4. The fourth-order valence-electron chi connectivity index (χ4n) is 2.38. The van der Waals surface area contributed by atoms with Crippen molar-refractivity contribution in [3.8, 4) is 0 Å².